The van der Waals surface area contributed by atoms with E-state index >= 15 is 0 Å². The molecule has 144 valence electrons. The van der Waals surface area contributed by atoms with Crippen LogP contribution in [-0.4, -0.2) is 57.2 Å². The Bertz CT molecular complexity index is 758. The quantitative estimate of drug-likeness (QED) is 0.813. The zero-order chi connectivity index (χ0) is 19.1. The molecule has 0 spiro atoms. The number of nitrogens with zero attached hydrogens (tertiary/aromatic N) is 2. The van der Waals surface area contributed by atoms with E-state index < -0.39 is 0 Å². The van der Waals surface area contributed by atoms with Gasteiger partial charge in [0.25, 0.3) is 0 Å². The minimum Gasteiger partial charge on any atom is -0.495 e. The molecular weight excluding hydrogens is 342 g/mol. The summed E-state index contributed by atoms with van der Waals surface area (Å²) in [6, 6.07) is 15.6. The molecule has 1 N–H and O–H groups in total. The molecule has 1 amide bonds. The molecule has 27 heavy (non-hydrogen) atoms. The molecule has 3 rings (SSSR count). The predicted octanol–water partition coefficient (Wildman–Crippen LogP) is 2.85. The van der Waals surface area contributed by atoms with Crippen molar-refractivity contribution < 1.29 is 14.3 Å². The molecular formula is C21H27N3O3. The van der Waals surface area contributed by atoms with Gasteiger partial charge in [-0.3, -0.25) is 9.69 Å². The second-order valence-corrected chi connectivity index (χ2v) is 6.41. The van der Waals surface area contributed by atoms with E-state index in [1.165, 1.54) is 0 Å². The Hall–Kier alpha value is -2.73. The van der Waals surface area contributed by atoms with Gasteiger partial charge in [0.2, 0.25) is 5.91 Å². The predicted molar refractivity (Wildman–Crippen MR) is 108 cm³/mol. The van der Waals surface area contributed by atoms with Crippen molar-refractivity contribution in [3.63, 3.8) is 0 Å². The molecule has 0 aromatic heterocycles. The third-order valence-electron chi connectivity index (χ3n) is 4.63. The van der Waals surface area contributed by atoms with Crippen LogP contribution in [0.25, 0.3) is 0 Å². The third-order valence-corrected chi connectivity index (χ3v) is 4.63. The van der Waals surface area contributed by atoms with Crippen LogP contribution in [0.15, 0.2) is 48.5 Å². The molecule has 0 bridgehead atoms. The zero-order valence-electron chi connectivity index (χ0n) is 16.0. The van der Waals surface area contributed by atoms with E-state index in [-0.39, 0.29) is 5.91 Å². The van der Waals surface area contributed by atoms with Crippen molar-refractivity contribution in [2.24, 2.45) is 0 Å². The molecule has 6 heteroatoms. The van der Waals surface area contributed by atoms with Gasteiger partial charge in [0, 0.05) is 26.2 Å². The maximum Gasteiger partial charge on any atom is 0.238 e. The fourth-order valence-corrected chi connectivity index (χ4v) is 3.28. The molecule has 1 saturated heterocycles. The van der Waals surface area contributed by atoms with Crippen molar-refractivity contribution in [2.75, 3.05) is 56.7 Å². The summed E-state index contributed by atoms with van der Waals surface area (Å²) in [5, 5.41) is 2.96. The maximum atomic E-state index is 12.4. The summed E-state index contributed by atoms with van der Waals surface area (Å²) >= 11 is 0. The fraction of sp³-hybridized carbons (Fsp3) is 0.381. The summed E-state index contributed by atoms with van der Waals surface area (Å²) in [5.74, 6) is 1.57. The first-order valence-electron chi connectivity index (χ1n) is 9.33. The van der Waals surface area contributed by atoms with E-state index in [9.17, 15) is 4.79 Å². The first-order valence-corrected chi connectivity index (χ1v) is 9.33. The number of amides is 1. The van der Waals surface area contributed by atoms with Crippen LogP contribution in [0, 0.1) is 0 Å². The lowest BCUT2D eigenvalue weighted by Gasteiger charge is -2.36. The first kappa shape index (κ1) is 19.0. The van der Waals surface area contributed by atoms with Gasteiger partial charge in [-0.05, 0) is 31.2 Å². The third kappa shape index (κ3) is 4.92. The van der Waals surface area contributed by atoms with Crippen molar-refractivity contribution in [1.82, 2.24) is 4.90 Å². The summed E-state index contributed by atoms with van der Waals surface area (Å²) in [6.07, 6.45) is 0. The number of benzene rings is 2. The average Bonchev–Trinajstić information content (AvgIpc) is 2.70. The van der Waals surface area contributed by atoms with Crippen LogP contribution >= 0.6 is 0 Å². The van der Waals surface area contributed by atoms with Crippen LogP contribution in [0.1, 0.15) is 6.92 Å². The Kier molecular flexibility index (Phi) is 6.54. The average molecular weight is 369 g/mol. The van der Waals surface area contributed by atoms with E-state index in [4.69, 9.17) is 9.47 Å². The molecule has 0 radical (unpaired) electrons. The number of para-hydroxylation sites is 4. The van der Waals surface area contributed by atoms with Gasteiger partial charge in [-0.15, -0.1) is 0 Å². The van der Waals surface area contributed by atoms with E-state index in [2.05, 4.69) is 21.2 Å². The second-order valence-electron chi connectivity index (χ2n) is 6.41. The molecule has 1 heterocycles. The molecule has 0 unspecified atom stereocenters. The number of methoxy groups -OCH3 is 1. The lowest BCUT2D eigenvalue weighted by atomic mass is 10.2. The molecule has 1 aliphatic rings. The van der Waals surface area contributed by atoms with Gasteiger partial charge in [0.1, 0.15) is 11.5 Å². The minimum absolute atomic E-state index is 0.0205. The van der Waals surface area contributed by atoms with E-state index in [0.717, 1.165) is 43.3 Å². The molecule has 1 fully saturated rings. The highest BCUT2D eigenvalue weighted by molar-refractivity contribution is 5.93. The summed E-state index contributed by atoms with van der Waals surface area (Å²) in [5.41, 5.74) is 1.83. The molecule has 6 nitrogen and oxygen atoms in total. The maximum absolute atomic E-state index is 12.4. The standard InChI is InChI=1S/C21H27N3O3/c1-3-27-19-10-6-4-8-17(19)22-21(25)16-23-12-14-24(15-13-23)18-9-5-7-11-20(18)26-2/h4-11H,3,12-16H2,1-2H3,(H,22,25). The number of nitrogens with one attached hydrogen (secondary N) is 1. The van der Waals surface area contributed by atoms with Crippen molar-refractivity contribution in [1.29, 1.82) is 0 Å². The first-order chi connectivity index (χ1) is 13.2. The number of hydrogen-bond donors (Lipinski definition) is 1. The Morgan fingerprint density at radius 3 is 2.37 bits per heavy atom. The van der Waals surface area contributed by atoms with Gasteiger partial charge in [0.05, 0.1) is 31.6 Å². The lowest BCUT2D eigenvalue weighted by Crippen LogP contribution is -2.48. The van der Waals surface area contributed by atoms with E-state index in [1.807, 2.05) is 49.4 Å². The number of rotatable bonds is 7. The van der Waals surface area contributed by atoms with Crippen molar-refractivity contribution in [3.05, 3.63) is 48.5 Å². The molecule has 0 saturated carbocycles. The topological polar surface area (TPSA) is 54.0 Å². The van der Waals surface area contributed by atoms with Crippen LogP contribution in [0.3, 0.4) is 0 Å². The van der Waals surface area contributed by atoms with Crippen LogP contribution in [-0.2, 0) is 4.79 Å². The molecule has 1 aliphatic heterocycles. The molecule has 2 aromatic rings. The SMILES string of the molecule is CCOc1ccccc1NC(=O)CN1CCN(c2ccccc2OC)CC1. The van der Waals surface area contributed by atoms with Crippen molar-refractivity contribution >= 4 is 17.3 Å². The largest absolute Gasteiger partial charge is 0.495 e. The number of carbonyl (C=O) groups excluding carboxylic acids is 1. The lowest BCUT2D eigenvalue weighted by molar-refractivity contribution is -0.117. The van der Waals surface area contributed by atoms with Crippen LogP contribution in [0.4, 0.5) is 11.4 Å². The number of ether oxygens (including phenoxy) is 2. The zero-order valence-corrected chi connectivity index (χ0v) is 16.0. The number of hydrogen-bond acceptors (Lipinski definition) is 5. The molecule has 0 aliphatic carbocycles. The van der Waals surface area contributed by atoms with Gasteiger partial charge in [-0.1, -0.05) is 24.3 Å². The summed E-state index contributed by atoms with van der Waals surface area (Å²) in [7, 11) is 1.69. The summed E-state index contributed by atoms with van der Waals surface area (Å²) in [4.78, 5) is 16.9. The monoisotopic (exact) mass is 369 g/mol. The van der Waals surface area contributed by atoms with Crippen molar-refractivity contribution in [2.45, 2.75) is 6.92 Å². The highest BCUT2D eigenvalue weighted by Crippen LogP contribution is 2.28. The van der Waals surface area contributed by atoms with Gasteiger partial charge in [-0.2, -0.15) is 0 Å². The van der Waals surface area contributed by atoms with Gasteiger partial charge in [0.15, 0.2) is 0 Å². The Morgan fingerprint density at radius 1 is 1.00 bits per heavy atom. The highest BCUT2D eigenvalue weighted by atomic mass is 16.5. The smallest absolute Gasteiger partial charge is 0.238 e. The summed E-state index contributed by atoms with van der Waals surface area (Å²) in [6.45, 7) is 6.27. The number of piperazine rings is 1. The van der Waals surface area contributed by atoms with Gasteiger partial charge < -0.3 is 19.7 Å². The minimum atomic E-state index is -0.0205. The Labute approximate surface area is 160 Å². The second kappa shape index (κ2) is 9.28. The van der Waals surface area contributed by atoms with Gasteiger partial charge in [-0.25, -0.2) is 0 Å². The number of carbonyl (C=O) groups is 1. The van der Waals surface area contributed by atoms with Crippen LogP contribution < -0.4 is 19.7 Å². The number of anilines is 2. The normalized spacial score (nSPS) is 14.7. The summed E-state index contributed by atoms with van der Waals surface area (Å²) < 4.78 is 11.0. The Morgan fingerprint density at radius 2 is 1.67 bits per heavy atom. The van der Waals surface area contributed by atoms with Crippen LogP contribution in [0.2, 0.25) is 0 Å². The molecule has 2 aromatic carbocycles. The highest BCUT2D eigenvalue weighted by Gasteiger charge is 2.21. The fourth-order valence-electron chi connectivity index (χ4n) is 3.28. The van der Waals surface area contributed by atoms with Crippen molar-refractivity contribution in [3.8, 4) is 11.5 Å². The molecule has 0 atom stereocenters. The van der Waals surface area contributed by atoms with Crippen LogP contribution in [0.5, 0.6) is 11.5 Å². The van der Waals surface area contributed by atoms with E-state index in [0.29, 0.717) is 18.9 Å². The van der Waals surface area contributed by atoms with E-state index in [1.54, 1.807) is 7.11 Å². The Balaban J connectivity index is 1.53. The van der Waals surface area contributed by atoms with Gasteiger partial charge >= 0.3 is 0 Å².